The predicted octanol–water partition coefficient (Wildman–Crippen LogP) is 2.05. The molecule has 4 fully saturated rings. The van der Waals surface area contributed by atoms with E-state index in [9.17, 15) is 5.11 Å². The number of hydrogen-bond donors (Lipinski definition) is 1. The zero-order valence-electron chi connectivity index (χ0n) is 8.17. The molecule has 0 aromatic heterocycles. The Morgan fingerprint density at radius 3 is 2.33 bits per heavy atom. The fraction of sp³-hybridized carbons (Fsp3) is 1.00. The van der Waals surface area contributed by atoms with Crippen molar-refractivity contribution in [2.24, 2.45) is 28.6 Å². The van der Waals surface area contributed by atoms with Crippen LogP contribution in [0.3, 0.4) is 0 Å². The van der Waals surface area contributed by atoms with Crippen molar-refractivity contribution in [2.45, 2.75) is 39.7 Å². The monoisotopic (exact) mass is 166 g/mol. The first-order valence-electron chi connectivity index (χ1n) is 5.16. The Balaban J connectivity index is 2.01. The number of rotatable bonds is 0. The van der Waals surface area contributed by atoms with Gasteiger partial charge in [-0.15, -0.1) is 0 Å². The molecule has 0 heterocycles. The Morgan fingerprint density at radius 1 is 1.17 bits per heavy atom. The predicted molar refractivity (Wildman–Crippen MR) is 47.6 cm³/mol. The van der Waals surface area contributed by atoms with Crippen LogP contribution in [0.5, 0.6) is 0 Å². The summed E-state index contributed by atoms with van der Waals surface area (Å²) in [6.07, 6.45) is 2.61. The average Bonchev–Trinajstić information content (AvgIpc) is 2.61. The smallest absolute Gasteiger partial charge is 0.0607 e. The molecule has 0 saturated heterocycles. The molecule has 0 aromatic rings. The molecule has 0 aromatic carbocycles. The molecule has 1 nitrogen and oxygen atoms in total. The fourth-order valence-corrected chi connectivity index (χ4v) is 4.26. The van der Waals surface area contributed by atoms with Crippen molar-refractivity contribution in [3.63, 3.8) is 0 Å². The summed E-state index contributed by atoms with van der Waals surface area (Å²) in [6.45, 7) is 7.06. The SMILES string of the molecule is CC1(C)C2CC1C1(C)CC1C2O. The van der Waals surface area contributed by atoms with Crippen LogP contribution >= 0.6 is 0 Å². The van der Waals surface area contributed by atoms with Crippen molar-refractivity contribution in [1.82, 2.24) is 0 Å². The summed E-state index contributed by atoms with van der Waals surface area (Å²) in [6, 6.07) is 0. The maximum Gasteiger partial charge on any atom is 0.0607 e. The molecule has 4 saturated carbocycles. The first-order valence-corrected chi connectivity index (χ1v) is 5.16. The fourth-order valence-electron chi connectivity index (χ4n) is 4.26. The van der Waals surface area contributed by atoms with Crippen molar-refractivity contribution in [2.75, 3.05) is 0 Å². The van der Waals surface area contributed by atoms with E-state index >= 15 is 0 Å². The van der Waals surface area contributed by atoms with Gasteiger partial charge < -0.3 is 5.11 Å². The highest BCUT2D eigenvalue weighted by Gasteiger charge is 2.74. The lowest BCUT2D eigenvalue weighted by atomic mass is 9.44. The molecule has 4 aliphatic carbocycles. The van der Waals surface area contributed by atoms with Gasteiger partial charge in [0.1, 0.15) is 0 Å². The average molecular weight is 166 g/mol. The van der Waals surface area contributed by atoms with E-state index in [4.69, 9.17) is 0 Å². The zero-order chi connectivity index (χ0) is 8.72. The van der Waals surface area contributed by atoms with Crippen LogP contribution in [0.15, 0.2) is 0 Å². The maximum atomic E-state index is 10.0. The highest BCUT2D eigenvalue weighted by atomic mass is 16.3. The maximum absolute atomic E-state index is 10.0. The van der Waals surface area contributed by atoms with Gasteiger partial charge in [0.15, 0.2) is 0 Å². The molecular formula is C11H18O. The molecule has 0 aliphatic heterocycles. The molecule has 4 aliphatic rings. The molecule has 0 amide bonds. The van der Waals surface area contributed by atoms with Crippen LogP contribution in [0.2, 0.25) is 0 Å². The molecule has 0 radical (unpaired) electrons. The van der Waals surface area contributed by atoms with Crippen molar-refractivity contribution in [1.29, 1.82) is 0 Å². The molecule has 68 valence electrons. The Kier molecular flexibility index (Phi) is 0.991. The molecule has 4 rings (SSSR count). The molecule has 0 spiro atoms. The van der Waals surface area contributed by atoms with Crippen LogP contribution in [-0.4, -0.2) is 11.2 Å². The summed E-state index contributed by atoms with van der Waals surface area (Å²) in [4.78, 5) is 0. The van der Waals surface area contributed by atoms with Crippen molar-refractivity contribution >= 4 is 0 Å². The van der Waals surface area contributed by atoms with Gasteiger partial charge in [-0.2, -0.15) is 0 Å². The lowest BCUT2D eigenvalue weighted by Gasteiger charge is -2.61. The second kappa shape index (κ2) is 1.61. The quantitative estimate of drug-likeness (QED) is 0.584. The standard InChI is InChI=1S/C11H18O/c1-10(2)6-4-8(10)11(3)5-7(11)9(6)12/h6-9,12H,4-5H2,1-3H3. The van der Waals surface area contributed by atoms with Crippen LogP contribution in [0, 0.1) is 28.6 Å². The Labute approximate surface area is 74.2 Å². The minimum absolute atomic E-state index is 0.0231. The van der Waals surface area contributed by atoms with E-state index < -0.39 is 0 Å². The van der Waals surface area contributed by atoms with Gasteiger partial charge in [0.25, 0.3) is 0 Å². The lowest BCUT2D eigenvalue weighted by Crippen LogP contribution is -2.58. The molecule has 5 unspecified atom stereocenters. The summed E-state index contributed by atoms with van der Waals surface area (Å²) >= 11 is 0. The lowest BCUT2D eigenvalue weighted by molar-refractivity contribution is -0.171. The molecular weight excluding hydrogens is 148 g/mol. The Bertz CT molecular complexity index is 241. The Morgan fingerprint density at radius 2 is 1.83 bits per heavy atom. The van der Waals surface area contributed by atoms with Crippen molar-refractivity contribution < 1.29 is 5.11 Å². The topological polar surface area (TPSA) is 20.2 Å². The van der Waals surface area contributed by atoms with Crippen LogP contribution in [0.1, 0.15) is 33.6 Å². The second-order valence-electron chi connectivity index (χ2n) is 6.02. The van der Waals surface area contributed by atoms with Crippen LogP contribution in [-0.2, 0) is 0 Å². The molecule has 12 heavy (non-hydrogen) atoms. The number of hydrogen-bond acceptors (Lipinski definition) is 1. The van der Waals surface area contributed by atoms with Gasteiger partial charge in [-0.05, 0) is 41.4 Å². The van der Waals surface area contributed by atoms with E-state index in [1.54, 1.807) is 0 Å². The van der Waals surface area contributed by atoms with Gasteiger partial charge in [0, 0.05) is 0 Å². The third kappa shape index (κ3) is 0.527. The zero-order valence-corrected chi connectivity index (χ0v) is 8.17. The van der Waals surface area contributed by atoms with E-state index in [-0.39, 0.29) is 6.10 Å². The summed E-state index contributed by atoms with van der Waals surface area (Å²) < 4.78 is 0. The minimum atomic E-state index is 0.0231. The first kappa shape index (κ1) is 7.37. The molecule has 1 N–H and O–H groups in total. The highest BCUT2D eigenvalue weighted by molar-refractivity contribution is 5.22. The van der Waals surface area contributed by atoms with Gasteiger partial charge in [-0.3, -0.25) is 0 Å². The van der Waals surface area contributed by atoms with Crippen molar-refractivity contribution in [3.8, 4) is 0 Å². The van der Waals surface area contributed by atoms with Gasteiger partial charge in [-0.25, -0.2) is 0 Å². The minimum Gasteiger partial charge on any atom is -0.393 e. The second-order valence-corrected chi connectivity index (χ2v) is 6.02. The molecule has 1 heteroatoms. The van der Waals surface area contributed by atoms with Crippen LogP contribution in [0.4, 0.5) is 0 Å². The third-order valence-corrected chi connectivity index (χ3v) is 5.31. The van der Waals surface area contributed by atoms with E-state index in [2.05, 4.69) is 20.8 Å². The van der Waals surface area contributed by atoms with Gasteiger partial charge in [-0.1, -0.05) is 20.8 Å². The van der Waals surface area contributed by atoms with E-state index in [0.29, 0.717) is 22.7 Å². The first-order chi connectivity index (χ1) is 5.48. The highest BCUT2D eigenvalue weighted by Crippen LogP contribution is 2.77. The van der Waals surface area contributed by atoms with Gasteiger partial charge in [0.05, 0.1) is 6.10 Å². The summed E-state index contributed by atoms with van der Waals surface area (Å²) in [5.74, 6) is 2.18. The molecule has 5 atom stereocenters. The summed E-state index contributed by atoms with van der Waals surface area (Å²) in [5, 5.41) is 10.0. The van der Waals surface area contributed by atoms with Gasteiger partial charge in [0.2, 0.25) is 0 Å². The van der Waals surface area contributed by atoms with Crippen molar-refractivity contribution in [3.05, 3.63) is 0 Å². The Hall–Kier alpha value is -0.0400. The largest absolute Gasteiger partial charge is 0.393 e. The summed E-state index contributed by atoms with van der Waals surface area (Å²) in [7, 11) is 0. The number of aliphatic hydroxyl groups is 1. The third-order valence-electron chi connectivity index (χ3n) is 5.31. The van der Waals surface area contributed by atoms with E-state index in [1.165, 1.54) is 12.8 Å². The normalized spacial score (nSPS) is 65.0. The van der Waals surface area contributed by atoms with Crippen LogP contribution in [0.25, 0.3) is 0 Å². The number of aliphatic hydroxyl groups excluding tert-OH is 1. The van der Waals surface area contributed by atoms with Crippen LogP contribution < -0.4 is 0 Å². The van der Waals surface area contributed by atoms with E-state index in [1.807, 2.05) is 0 Å². The summed E-state index contributed by atoms with van der Waals surface area (Å²) in [5.41, 5.74) is 0.957. The van der Waals surface area contributed by atoms with Gasteiger partial charge >= 0.3 is 0 Å². The van der Waals surface area contributed by atoms with E-state index in [0.717, 1.165) is 5.92 Å². The molecule has 2 bridgehead atoms.